The number of rotatable bonds is 3. The Hall–Kier alpha value is -2.29. The molecule has 0 amide bonds. The summed E-state index contributed by atoms with van der Waals surface area (Å²) in [6, 6.07) is 14.2. The summed E-state index contributed by atoms with van der Waals surface area (Å²) >= 11 is 0. The quantitative estimate of drug-likeness (QED) is 0.692. The topological polar surface area (TPSA) is 22.4 Å². The summed E-state index contributed by atoms with van der Waals surface area (Å²) in [5.41, 5.74) is 1.10. The second-order valence-electron chi connectivity index (χ2n) is 3.92. The van der Waals surface area contributed by atoms with Gasteiger partial charge in [-0.3, -0.25) is 0 Å². The first-order valence-corrected chi connectivity index (χ1v) is 5.59. The molecule has 1 radical (unpaired) electrons. The van der Waals surface area contributed by atoms with Gasteiger partial charge in [0.1, 0.15) is 12.4 Å². The monoisotopic (exact) mass is 241 g/mol. The van der Waals surface area contributed by atoms with E-state index in [1.54, 1.807) is 12.1 Å². The summed E-state index contributed by atoms with van der Waals surface area (Å²) in [7, 11) is 0. The number of furan rings is 1. The van der Waals surface area contributed by atoms with E-state index in [-0.39, 0.29) is 11.4 Å². The minimum Gasteiger partial charge on any atom is -0.489 e. The van der Waals surface area contributed by atoms with Crippen LogP contribution in [0.4, 0.5) is 4.39 Å². The number of benzene rings is 2. The molecule has 3 aromatic rings. The molecule has 0 spiro atoms. The van der Waals surface area contributed by atoms with Crippen molar-refractivity contribution in [3.8, 4) is 5.75 Å². The fourth-order valence-corrected chi connectivity index (χ4v) is 1.83. The standard InChI is InChI=1S/C15H10FO2/c16-14-7-6-11(13-8-9-17-15(13)14)10-18-12-4-2-1-3-5-12/h1-8H,10H2. The van der Waals surface area contributed by atoms with Crippen molar-refractivity contribution in [3.63, 3.8) is 0 Å². The molecule has 0 unspecified atom stereocenters. The summed E-state index contributed by atoms with van der Waals surface area (Å²) in [4.78, 5) is 0. The molecule has 0 saturated heterocycles. The van der Waals surface area contributed by atoms with E-state index in [0.717, 1.165) is 11.3 Å². The molecule has 3 rings (SSSR count). The lowest BCUT2D eigenvalue weighted by molar-refractivity contribution is 0.307. The van der Waals surface area contributed by atoms with Crippen molar-refractivity contribution in [3.05, 3.63) is 66.2 Å². The van der Waals surface area contributed by atoms with Crippen LogP contribution in [-0.4, -0.2) is 0 Å². The second kappa shape index (κ2) is 4.53. The van der Waals surface area contributed by atoms with E-state index in [1.165, 1.54) is 6.07 Å². The molecule has 0 aliphatic rings. The van der Waals surface area contributed by atoms with E-state index in [0.29, 0.717) is 12.0 Å². The molecule has 18 heavy (non-hydrogen) atoms. The van der Waals surface area contributed by atoms with Gasteiger partial charge >= 0.3 is 0 Å². The number of fused-ring (bicyclic) bond motifs is 1. The van der Waals surface area contributed by atoms with Crippen LogP contribution in [-0.2, 0) is 6.61 Å². The molecule has 0 aliphatic heterocycles. The van der Waals surface area contributed by atoms with Crippen molar-refractivity contribution in [1.29, 1.82) is 0 Å². The Kier molecular flexibility index (Phi) is 2.73. The maximum absolute atomic E-state index is 13.4. The van der Waals surface area contributed by atoms with Crippen LogP contribution in [0, 0.1) is 12.1 Å². The van der Waals surface area contributed by atoms with Gasteiger partial charge in [-0.15, -0.1) is 0 Å². The minimum absolute atomic E-state index is 0.226. The molecular weight excluding hydrogens is 231 g/mol. The van der Waals surface area contributed by atoms with Gasteiger partial charge in [-0.05, 0) is 24.3 Å². The van der Waals surface area contributed by atoms with Crippen LogP contribution in [0.15, 0.2) is 52.9 Å². The summed E-state index contributed by atoms with van der Waals surface area (Å²) in [5, 5.41) is 0.700. The van der Waals surface area contributed by atoms with Crippen molar-refractivity contribution in [2.24, 2.45) is 0 Å². The van der Waals surface area contributed by atoms with Crippen LogP contribution in [0.25, 0.3) is 11.0 Å². The molecule has 2 nitrogen and oxygen atoms in total. The van der Waals surface area contributed by atoms with Gasteiger partial charge in [0.25, 0.3) is 0 Å². The highest BCUT2D eigenvalue weighted by Crippen LogP contribution is 2.24. The predicted molar refractivity (Wildman–Crippen MR) is 65.8 cm³/mol. The van der Waals surface area contributed by atoms with Crippen LogP contribution < -0.4 is 4.74 Å². The normalized spacial score (nSPS) is 10.7. The molecule has 1 aromatic heterocycles. The largest absolute Gasteiger partial charge is 0.489 e. The first-order chi connectivity index (χ1) is 8.84. The number of hydrogen-bond donors (Lipinski definition) is 0. The molecule has 0 fully saturated rings. The van der Waals surface area contributed by atoms with Gasteiger partial charge in [0.05, 0.1) is 0 Å². The van der Waals surface area contributed by atoms with E-state index in [9.17, 15) is 4.39 Å². The summed E-state index contributed by atoms with van der Waals surface area (Å²) in [5.74, 6) is 0.400. The molecule has 0 aliphatic carbocycles. The number of hydrogen-bond acceptors (Lipinski definition) is 2. The van der Waals surface area contributed by atoms with Crippen LogP contribution in [0.1, 0.15) is 5.56 Å². The van der Waals surface area contributed by atoms with Crippen LogP contribution >= 0.6 is 0 Å². The average molecular weight is 241 g/mol. The molecular formula is C15H10FO2. The highest BCUT2D eigenvalue weighted by atomic mass is 19.1. The lowest BCUT2D eigenvalue weighted by atomic mass is 10.1. The summed E-state index contributed by atoms with van der Waals surface area (Å²) < 4.78 is 24.0. The van der Waals surface area contributed by atoms with Gasteiger partial charge in [0.15, 0.2) is 17.7 Å². The van der Waals surface area contributed by atoms with E-state index in [1.807, 2.05) is 30.3 Å². The lowest BCUT2D eigenvalue weighted by Crippen LogP contribution is -1.96. The Morgan fingerprint density at radius 2 is 1.94 bits per heavy atom. The molecule has 0 N–H and O–H groups in total. The van der Waals surface area contributed by atoms with Gasteiger partial charge in [0.2, 0.25) is 0 Å². The third-order valence-electron chi connectivity index (χ3n) is 2.74. The highest BCUT2D eigenvalue weighted by Gasteiger charge is 2.09. The zero-order valence-corrected chi connectivity index (χ0v) is 9.52. The first-order valence-electron chi connectivity index (χ1n) is 5.59. The first kappa shape index (κ1) is 10.8. The molecule has 0 atom stereocenters. The van der Waals surface area contributed by atoms with Crippen molar-refractivity contribution < 1.29 is 13.5 Å². The zero-order valence-electron chi connectivity index (χ0n) is 9.52. The summed E-state index contributed by atoms with van der Waals surface area (Å²) in [6.45, 7) is 0.369. The molecule has 3 heteroatoms. The van der Waals surface area contributed by atoms with E-state index in [2.05, 4.69) is 6.26 Å². The van der Waals surface area contributed by atoms with Gasteiger partial charge in [-0.25, -0.2) is 4.39 Å². The smallest absolute Gasteiger partial charge is 0.171 e. The van der Waals surface area contributed by atoms with E-state index < -0.39 is 0 Å². The van der Waals surface area contributed by atoms with E-state index in [4.69, 9.17) is 9.15 Å². The number of halogens is 1. The van der Waals surface area contributed by atoms with Crippen LogP contribution in [0.3, 0.4) is 0 Å². The maximum Gasteiger partial charge on any atom is 0.171 e. The van der Waals surface area contributed by atoms with Gasteiger partial charge in [0, 0.05) is 10.9 Å². The molecule has 89 valence electrons. The molecule has 2 aromatic carbocycles. The zero-order chi connectivity index (χ0) is 12.4. The number of para-hydroxylation sites is 1. The third kappa shape index (κ3) is 1.95. The van der Waals surface area contributed by atoms with Crippen LogP contribution in [0.5, 0.6) is 5.75 Å². The maximum atomic E-state index is 13.4. The average Bonchev–Trinajstić information content (AvgIpc) is 2.90. The Labute approximate surface area is 104 Å². The van der Waals surface area contributed by atoms with Crippen molar-refractivity contribution in [2.45, 2.75) is 6.61 Å². The second-order valence-corrected chi connectivity index (χ2v) is 3.92. The fourth-order valence-electron chi connectivity index (χ4n) is 1.83. The minimum atomic E-state index is -0.380. The highest BCUT2D eigenvalue weighted by molar-refractivity contribution is 5.81. The molecule has 0 bridgehead atoms. The molecule has 1 heterocycles. The van der Waals surface area contributed by atoms with Gasteiger partial charge in [-0.2, -0.15) is 0 Å². The van der Waals surface area contributed by atoms with Crippen molar-refractivity contribution in [1.82, 2.24) is 0 Å². The van der Waals surface area contributed by atoms with Crippen molar-refractivity contribution in [2.75, 3.05) is 0 Å². The Balaban J connectivity index is 1.87. The lowest BCUT2D eigenvalue weighted by Gasteiger charge is -2.06. The fraction of sp³-hybridized carbons (Fsp3) is 0.0667. The third-order valence-corrected chi connectivity index (χ3v) is 2.74. The Morgan fingerprint density at radius 1 is 1.11 bits per heavy atom. The SMILES string of the molecule is Fc1ccc(COc2ccccc2)c2c[c]oc12. The Bertz CT molecular complexity index is 659. The van der Waals surface area contributed by atoms with Gasteiger partial charge in [-0.1, -0.05) is 24.3 Å². The van der Waals surface area contributed by atoms with Crippen molar-refractivity contribution >= 4 is 11.0 Å². The molecule has 0 saturated carbocycles. The van der Waals surface area contributed by atoms with Gasteiger partial charge < -0.3 is 9.15 Å². The van der Waals surface area contributed by atoms with E-state index >= 15 is 0 Å². The van der Waals surface area contributed by atoms with Crippen LogP contribution in [0.2, 0.25) is 0 Å². The number of ether oxygens (including phenoxy) is 1. The summed E-state index contributed by atoms with van der Waals surface area (Å²) in [6.07, 6.45) is 2.55. The Morgan fingerprint density at radius 3 is 2.78 bits per heavy atom. The predicted octanol–water partition coefficient (Wildman–Crippen LogP) is 3.95.